The molecule has 0 atom stereocenters. The predicted molar refractivity (Wildman–Crippen MR) is 50.8 cm³/mol. The number of halogens is 1. The number of hydrogen-bond donors (Lipinski definition) is 0. The molecule has 0 aliphatic heterocycles. The largest absolute Gasteiger partial charge is 0.469 e. The van der Waals surface area contributed by atoms with Crippen molar-refractivity contribution < 1.29 is 14.3 Å². The predicted octanol–water partition coefficient (Wildman–Crippen LogP) is 1.92. The summed E-state index contributed by atoms with van der Waals surface area (Å²) in [6.45, 7) is 0. The summed E-state index contributed by atoms with van der Waals surface area (Å²) in [6, 6.07) is 0. The molecule has 0 amide bonds. The molecule has 0 spiro atoms. The van der Waals surface area contributed by atoms with Gasteiger partial charge in [0.1, 0.15) is 5.78 Å². The minimum Gasteiger partial charge on any atom is -0.469 e. The molecule has 13 heavy (non-hydrogen) atoms. The van der Waals surface area contributed by atoms with Gasteiger partial charge in [-0.2, -0.15) is 0 Å². The van der Waals surface area contributed by atoms with Crippen molar-refractivity contribution in [2.24, 2.45) is 0 Å². The van der Waals surface area contributed by atoms with Crippen molar-refractivity contribution in [1.29, 1.82) is 0 Å². The smallest absolute Gasteiger partial charge is 0.305 e. The van der Waals surface area contributed by atoms with Crippen LogP contribution in [0.3, 0.4) is 0 Å². The standard InChI is InChI=1S/C9H15ClO3/c1-13-9(12)5-3-2-4-8(11)6-7-10/h2-7H2,1H3. The summed E-state index contributed by atoms with van der Waals surface area (Å²) >= 11 is 5.39. The molecule has 4 heteroatoms. The fourth-order valence-electron chi connectivity index (χ4n) is 0.924. The number of rotatable bonds is 7. The van der Waals surface area contributed by atoms with Crippen LogP contribution in [0, 0.1) is 0 Å². The maximum atomic E-state index is 11.0. The van der Waals surface area contributed by atoms with Crippen LogP contribution in [-0.2, 0) is 14.3 Å². The van der Waals surface area contributed by atoms with E-state index in [2.05, 4.69) is 4.74 Å². The maximum absolute atomic E-state index is 11.0. The average molecular weight is 207 g/mol. The Labute approximate surface area is 83.4 Å². The lowest BCUT2D eigenvalue weighted by molar-refractivity contribution is -0.140. The van der Waals surface area contributed by atoms with E-state index in [1.165, 1.54) is 7.11 Å². The van der Waals surface area contributed by atoms with Gasteiger partial charge in [0.05, 0.1) is 7.11 Å². The van der Waals surface area contributed by atoms with E-state index in [0.717, 1.165) is 6.42 Å². The van der Waals surface area contributed by atoms with Crippen LogP contribution in [0.2, 0.25) is 0 Å². The third-order valence-corrected chi connectivity index (χ3v) is 1.88. The molecule has 0 bridgehead atoms. The van der Waals surface area contributed by atoms with Gasteiger partial charge in [0, 0.05) is 25.1 Å². The van der Waals surface area contributed by atoms with Crippen molar-refractivity contribution in [3.63, 3.8) is 0 Å². The van der Waals surface area contributed by atoms with Gasteiger partial charge in [-0.3, -0.25) is 9.59 Å². The number of unbranched alkanes of at least 4 members (excludes halogenated alkanes) is 1. The molecule has 3 nitrogen and oxygen atoms in total. The van der Waals surface area contributed by atoms with Crippen LogP contribution in [0.5, 0.6) is 0 Å². The van der Waals surface area contributed by atoms with Crippen molar-refractivity contribution in [3.05, 3.63) is 0 Å². The Morgan fingerprint density at radius 3 is 2.31 bits per heavy atom. The zero-order chi connectivity index (χ0) is 10.1. The van der Waals surface area contributed by atoms with Gasteiger partial charge in [0.15, 0.2) is 0 Å². The molecule has 76 valence electrons. The summed E-state index contributed by atoms with van der Waals surface area (Å²) in [7, 11) is 1.36. The van der Waals surface area contributed by atoms with Crippen molar-refractivity contribution in [2.45, 2.75) is 32.1 Å². The SMILES string of the molecule is COC(=O)CCCCC(=O)CCCl. The first-order chi connectivity index (χ1) is 6.20. The number of hydrogen-bond acceptors (Lipinski definition) is 3. The molecule has 0 N–H and O–H groups in total. The highest BCUT2D eigenvalue weighted by Gasteiger charge is 2.03. The van der Waals surface area contributed by atoms with Gasteiger partial charge in [0.25, 0.3) is 0 Å². The van der Waals surface area contributed by atoms with Gasteiger partial charge < -0.3 is 4.74 Å². The lowest BCUT2D eigenvalue weighted by Crippen LogP contribution is -2.02. The van der Waals surface area contributed by atoms with E-state index in [1.54, 1.807) is 0 Å². The van der Waals surface area contributed by atoms with Gasteiger partial charge in [-0.05, 0) is 12.8 Å². The van der Waals surface area contributed by atoms with Crippen molar-refractivity contribution in [1.82, 2.24) is 0 Å². The third kappa shape index (κ3) is 7.78. The molecule has 0 radical (unpaired) electrons. The van der Waals surface area contributed by atoms with E-state index in [4.69, 9.17) is 11.6 Å². The van der Waals surface area contributed by atoms with E-state index < -0.39 is 0 Å². The summed E-state index contributed by atoms with van der Waals surface area (Å²) in [5.41, 5.74) is 0. The Morgan fingerprint density at radius 1 is 1.15 bits per heavy atom. The number of ether oxygens (including phenoxy) is 1. The van der Waals surface area contributed by atoms with Crippen LogP contribution in [0.1, 0.15) is 32.1 Å². The second-order valence-electron chi connectivity index (χ2n) is 2.76. The van der Waals surface area contributed by atoms with E-state index in [9.17, 15) is 9.59 Å². The summed E-state index contributed by atoms with van der Waals surface area (Å²) in [5.74, 6) is 0.334. The minimum absolute atomic E-state index is 0.167. The summed E-state index contributed by atoms with van der Waals surface area (Å²) in [5, 5.41) is 0. The highest BCUT2D eigenvalue weighted by molar-refractivity contribution is 6.19. The number of esters is 1. The van der Waals surface area contributed by atoms with E-state index in [0.29, 0.717) is 31.6 Å². The van der Waals surface area contributed by atoms with E-state index in [1.807, 2.05) is 0 Å². The number of Topliss-reactive ketones (excluding diaryl/α,β-unsaturated/α-hetero) is 1. The Morgan fingerprint density at radius 2 is 1.77 bits per heavy atom. The average Bonchev–Trinajstić information content (AvgIpc) is 2.12. The third-order valence-electron chi connectivity index (χ3n) is 1.69. The highest BCUT2D eigenvalue weighted by atomic mass is 35.5. The second kappa shape index (κ2) is 8.05. The quantitative estimate of drug-likeness (QED) is 0.363. The normalized spacial score (nSPS) is 9.69. The van der Waals surface area contributed by atoms with Gasteiger partial charge >= 0.3 is 5.97 Å². The van der Waals surface area contributed by atoms with Crippen LogP contribution in [-0.4, -0.2) is 24.7 Å². The van der Waals surface area contributed by atoms with Gasteiger partial charge in [-0.25, -0.2) is 0 Å². The zero-order valence-electron chi connectivity index (χ0n) is 7.85. The van der Waals surface area contributed by atoms with Crippen molar-refractivity contribution in [3.8, 4) is 0 Å². The van der Waals surface area contributed by atoms with Gasteiger partial charge in [-0.15, -0.1) is 11.6 Å². The van der Waals surface area contributed by atoms with Crippen LogP contribution in [0.4, 0.5) is 0 Å². The molecule has 0 aliphatic rings. The monoisotopic (exact) mass is 206 g/mol. The van der Waals surface area contributed by atoms with Crippen LogP contribution in [0.15, 0.2) is 0 Å². The molecule has 0 rings (SSSR count). The first-order valence-corrected chi connectivity index (χ1v) is 4.88. The molecular formula is C9H15ClO3. The van der Waals surface area contributed by atoms with Crippen LogP contribution in [0.25, 0.3) is 0 Å². The Kier molecular flexibility index (Phi) is 7.69. The lowest BCUT2D eigenvalue weighted by Gasteiger charge is -1.99. The molecule has 0 unspecified atom stereocenters. The second-order valence-corrected chi connectivity index (χ2v) is 3.14. The van der Waals surface area contributed by atoms with Crippen molar-refractivity contribution in [2.75, 3.05) is 13.0 Å². The first kappa shape index (κ1) is 12.4. The van der Waals surface area contributed by atoms with Gasteiger partial charge in [0.2, 0.25) is 0 Å². The molecule has 0 aromatic heterocycles. The summed E-state index contributed by atoms with van der Waals surface area (Å²) < 4.78 is 4.46. The molecule has 0 aromatic carbocycles. The number of ketones is 1. The molecule has 0 fully saturated rings. The van der Waals surface area contributed by atoms with E-state index in [-0.39, 0.29) is 11.8 Å². The zero-order valence-corrected chi connectivity index (χ0v) is 8.60. The molecule has 0 aromatic rings. The number of carbonyl (C=O) groups excluding carboxylic acids is 2. The highest BCUT2D eigenvalue weighted by Crippen LogP contribution is 2.03. The van der Waals surface area contributed by atoms with Crippen molar-refractivity contribution >= 4 is 23.4 Å². The summed E-state index contributed by atoms with van der Waals surface area (Å²) in [6.07, 6.45) is 2.79. The molecule has 0 saturated carbocycles. The van der Waals surface area contributed by atoms with Gasteiger partial charge in [-0.1, -0.05) is 0 Å². The first-order valence-electron chi connectivity index (χ1n) is 4.35. The Hall–Kier alpha value is -0.570. The fraction of sp³-hybridized carbons (Fsp3) is 0.778. The Balaban J connectivity index is 3.25. The van der Waals surface area contributed by atoms with Crippen LogP contribution < -0.4 is 0 Å². The number of methoxy groups -OCH3 is 1. The molecule has 0 saturated heterocycles. The molecule has 0 heterocycles. The van der Waals surface area contributed by atoms with Crippen LogP contribution >= 0.6 is 11.6 Å². The van der Waals surface area contributed by atoms with E-state index >= 15 is 0 Å². The molecular weight excluding hydrogens is 192 g/mol. The number of carbonyl (C=O) groups is 2. The fourth-order valence-corrected chi connectivity index (χ4v) is 1.13. The minimum atomic E-state index is -0.218. The topological polar surface area (TPSA) is 43.4 Å². The molecule has 0 aliphatic carbocycles. The lowest BCUT2D eigenvalue weighted by atomic mass is 10.1. The Bertz CT molecular complexity index is 168. The maximum Gasteiger partial charge on any atom is 0.305 e. The number of alkyl halides is 1. The summed E-state index contributed by atoms with van der Waals surface area (Å²) in [4.78, 5) is 21.6.